The highest BCUT2D eigenvalue weighted by Gasteiger charge is 2.09. The van der Waals surface area contributed by atoms with Gasteiger partial charge in [-0.3, -0.25) is 0 Å². The SMILES string of the molecule is CC(NCCc1ncc[nH]1)c1ccc(Cl)cc1Cl. The van der Waals surface area contributed by atoms with Crippen LogP contribution in [0.4, 0.5) is 0 Å². The van der Waals surface area contributed by atoms with E-state index in [-0.39, 0.29) is 6.04 Å². The number of halogens is 2. The molecule has 0 amide bonds. The fourth-order valence-corrected chi connectivity index (χ4v) is 2.38. The molecular formula is C13H15Cl2N3. The van der Waals surface area contributed by atoms with Crippen LogP contribution < -0.4 is 5.32 Å². The Labute approximate surface area is 117 Å². The smallest absolute Gasteiger partial charge is 0.107 e. The molecule has 0 saturated carbocycles. The van der Waals surface area contributed by atoms with E-state index in [2.05, 4.69) is 22.2 Å². The number of aromatic nitrogens is 2. The highest BCUT2D eigenvalue weighted by atomic mass is 35.5. The average molecular weight is 284 g/mol. The van der Waals surface area contributed by atoms with Crippen molar-refractivity contribution in [3.63, 3.8) is 0 Å². The third kappa shape index (κ3) is 3.48. The zero-order chi connectivity index (χ0) is 13.0. The van der Waals surface area contributed by atoms with Crippen molar-refractivity contribution in [2.45, 2.75) is 19.4 Å². The second-order valence-corrected chi connectivity index (χ2v) is 4.97. The normalized spacial score (nSPS) is 12.6. The second kappa shape index (κ2) is 6.23. The number of imidazole rings is 1. The maximum absolute atomic E-state index is 6.16. The standard InChI is InChI=1S/C13H15Cl2N3/c1-9(11-3-2-10(14)8-12(11)15)16-5-4-13-17-6-7-18-13/h2-3,6-9,16H,4-5H2,1H3,(H,17,18). The highest BCUT2D eigenvalue weighted by Crippen LogP contribution is 2.25. The summed E-state index contributed by atoms with van der Waals surface area (Å²) in [5, 5.41) is 4.76. The van der Waals surface area contributed by atoms with Gasteiger partial charge in [0.25, 0.3) is 0 Å². The lowest BCUT2D eigenvalue weighted by Crippen LogP contribution is -2.22. The summed E-state index contributed by atoms with van der Waals surface area (Å²) in [5.41, 5.74) is 1.06. The number of benzene rings is 1. The molecule has 1 atom stereocenters. The van der Waals surface area contributed by atoms with Crippen molar-refractivity contribution in [1.82, 2.24) is 15.3 Å². The van der Waals surface area contributed by atoms with E-state index in [0.717, 1.165) is 24.4 Å². The van der Waals surface area contributed by atoms with Crippen molar-refractivity contribution in [3.8, 4) is 0 Å². The Morgan fingerprint density at radius 1 is 1.39 bits per heavy atom. The van der Waals surface area contributed by atoms with Crippen molar-refractivity contribution in [1.29, 1.82) is 0 Å². The van der Waals surface area contributed by atoms with Gasteiger partial charge in [-0.15, -0.1) is 0 Å². The second-order valence-electron chi connectivity index (χ2n) is 4.13. The lowest BCUT2D eigenvalue weighted by atomic mass is 10.1. The summed E-state index contributed by atoms with van der Waals surface area (Å²) in [4.78, 5) is 7.25. The van der Waals surface area contributed by atoms with E-state index in [1.54, 1.807) is 12.3 Å². The number of H-pyrrole nitrogens is 1. The summed E-state index contributed by atoms with van der Waals surface area (Å²) >= 11 is 12.0. The molecule has 0 aliphatic rings. The first kappa shape index (κ1) is 13.4. The van der Waals surface area contributed by atoms with Crippen molar-refractivity contribution >= 4 is 23.2 Å². The van der Waals surface area contributed by atoms with Gasteiger partial charge >= 0.3 is 0 Å². The van der Waals surface area contributed by atoms with Gasteiger partial charge in [-0.1, -0.05) is 29.3 Å². The zero-order valence-electron chi connectivity index (χ0n) is 10.1. The van der Waals surface area contributed by atoms with E-state index in [1.807, 2.05) is 18.3 Å². The topological polar surface area (TPSA) is 40.7 Å². The molecular weight excluding hydrogens is 269 g/mol. The Balaban J connectivity index is 1.89. The molecule has 5 heteroatoms. The molecule has 2 aromatic rings. The first-order valence-corrected chi connectivity index (χ1v) is 6.59. The van der Waals surface area contributed by atoms with Crippen molar-refractivity contribution < 1.29 is 0 Å². The number of hydrogen-bond donors (Lipinski definition) is 2. The number of rotatable bonds is 5. The average Bonchev–Trinajstić information content (AvgIpc) is 2.81. The van der Waals surface area contributed by atoms with E-state index >= 15 is 0 Å². The van der Waals surface area contributed by atoms with Crippen LogP contribution in [-0.2, 0) is 6.42 Å². The van der Waals surface area contributed by atoms with Crippen molar-refractivity contribution in [2.75, 3.05) is 6.54 Å². The number of nitrogens with one attached hydrogen (secondary N) is 2. The summed E-state index contributed by atoms with van der Waals surface area (Å²) in [6.07, 6.45) is 4.45. The van der Waals surface area contributed by atoms with Crippen LogP contribution in [0.2, 0.25) is 10.0 Å². The summed E-state index contributed by atoms with van der Waals surface area (Å²) in [6, 6.07) is 5.76. The van der Waals surface area contributed by atoms with Crippen molar-refractivity contribution in [3.05, 3.63) is 52.0 Å². The van der Waals surface area contributed by atoms with E-state index in [4.69, 9.17) is 23.2 Å². The van der Waals surface area contributed by atoms with E-state index in [0.29, 0.717) is 10.0 Å². The molecule has 96 valence electrons. The molecule has 3 nitrogen and oxygen atoms in total. The van der Waals surface area contributed by atoms with Crippen LogP contribution in [0.1, 0.15) is 24.4 Å². The first-order valence-electron chi connectivity index (χ1n) is 5.83. The van der Waals surface area contributed by atoms with Crippen LogP contribution in [0.5, 0.6) is 0 Å². The summed E-state index contributed by atoms with van der Waals surface area (Å²) in [7, 11) is 0. The van der Waals surface area contributed by atoms with E-state index in [9.17, 15) is 0 Å². The Morgan fingerprint density at radius 3 is 2.89 bits per heavy atom. The highest BCUT2D eigenvalue weighted by molar-refractivity contribution is 6.35. The number of hydrogen-bond acceptors (Lipinski definition) is 2. The predicted molar refractivity (Wildman–Crippen MR) is 75.2 cm³/mol. The van der Waals surface area contributed by atoms with E-state index < -0.39 is 0 Å². The Bertz CT molecular complexity index is 497. The van der Waals surface area contributed by atoms with Crippen LogP contribution in [0.25, 0.3) is 0 Å². The van der Waals surface area contributed by atoms with Gasteiger partial charge in [0.15, 0.2) is 0 Å². The minimum Gasteiger partial charge on any atom is -0.349 e. The third-order valence-corrected chi connectivity index (χ3v) is 3.36. The molecule has 2 N–H and O–H groups in total. The van der Waals surface area contributed by atoms with Gasteiger partial charge in [-0.2, -0.15) is 0 Å². The van der Waals surface area contributed by atoms with Crippen LogP contribution in [0, 0.1) is 0 Å². The summed E-state index contributed by atoms with van der Waals surface area (Å²) in [6.45, 7) is 2.92. The minimum atomic E-state index is 0.185. The third-order valence-electron chi connectivity index (χ3n) is 2.80. The predicted octanol–water partition coefficient (Wildman–Crippen LogP) is 3.61. The quantitative estimate of drug-likeness (QED) is 0.880. The molecule has 0 fully saturated rings. The summed E-state index contributed by atoms with van der Waals surface area (Å²) < 4.78 is 0. The molecule has 1 aromatic heterocycles. The van der Waals surface area contributed by atoms with Gasteiger partial charge in [0.05, 0.1) is 0 Å². The number of aromatic amines is 1. The van der Waals surface area contributed by atoms with Gasteiger partial charge < -0.3 is 10.3 Å². The van der Waals surface area contributed by atoms with Gasteiger partial charge in [-0.05, 0) is 24.6 Å². The van der Waals surface area contributed by atoms with Crippen LogP contribution in [0.15, 0.2) is 30.6 Å². The molecule has 0 saturated heterocycles. The Hall–Kier alpha value is -1.03. The summed E-state index contributed by atoms with van der Waals surface area (Å²) in [5.74, 6) is 0.983. The molecule has 0 bridgehead atoms. The molecule has 0 radical (unpaired) electrons. The zero-order valence-corrected chi connectivity index (χ0v) is 11.6. The van der Waals surface area contributed by atoms with Crippen LogP contribution in [-0.4, -0.2) is 16.5 Å². The molecule has 1 aromatic carbocycles. The first-order chi connectivity index (χ1) is 8.66. The van der Waals surface area contributed by atoms with Gasteiger partial charge in [-0.25, -0.2) is 4.98 Å². The van der Waals surface area contributed by atoms with E-state index in [1.165, 1.54) is 0 Å². The molecule has 1 heterocycles. The largest absolute Gasteiger partial charge is 0.349 e. The molecule has 0 spiro atoms. The Morgan fingerprint density at radius 2 is 2.22 bits per heavy atom. The van der Waals surface area contributed by atoms with Crippen molar-refractivity contribution in [2.24, 2.45) is 0 Å². The van der Waals surface area contributed by atoms with Crippen LogP contribution in [0.3, 0.4) is 0 Å². The maximum Gasteiger partial charge on any atom is 0.107 e. The lowest BCUT2D eigenvalue weighted by Gasteiger charge is -2.15. The molecule has 0 aliphatic carbocycles. The van der Waals surface area contributed by atoms with Gasteiger partial charge in [0.2, 0.25) is 0 Å². The lowest BCUT2D eigenvalue weighted by molar-refractivity contribution is 0.571. The minimum absolute atomic E-state index is 0.185. The van der Waals surface area contributed by atoms with Gasteiger partial charge in [0.1, 0.15) is 5.82 Å². The molecule has 2 rings (SSSR count). The molecule has 0 aliphatic heterocycles. The number of nitrogens with zero attached hydrogens (tertiary/aromatic N) is 1. The monoisotopic (exact) mass is 283 g/mol. The molecule has 18 heavy (non-hydrogen) atoms. The Kier molecular flexibility index (Phi) is 4.64. The maximum atomic E-state index is 6.16. The van der Waals surface area contributed by atoms with Gasteiger partial charge in [0, 0.05) is 41.4 Å². The molecule has 1 unspecified atom stereocenters. The fourth-order valence-electron chi connectivity index (χ4n) is 1.80. The van der Waals surface area contributed by atoms with Crippen LogP contribution >= 0.6 is 23.2 Å². The fraction of sp³-hybridized carbons (Fsp3) is 0.308.